The number of fused-ring (bicyclic) bond motifs is 1. The van der Waals surface area contributed by atoms with E-state index in [4.69, 9.17) is 0 Å². The van der Waals surface area contributed by atoms with Crippen molar-refractivity contribution in [1.29, 1.82) is 0 Å². The molecule has 12 heteroatoms. The molecule has 0 fully saturated rings. The standard InChI is InChI=1S/C21H17F2N7O2S/c1-11-16(10-30(2)28-11)33(31,32)29-15-5-3-4-12(17(15)22)13-6-7-14-19(18(13)23)26-27-20(14)21-24-8-9-25-21/h3-10,29H,1-2H3,(H,24,25)(H,26,27). The zero-order chi connectivity index (χ0) is 23.3. The van der Waals surface area contributed by atoms with Gasteiger partial charge in [-0.25, -0.2) is 22.2 Å². The Morgan fingerprint density at radius 2 is 1.88 bits per heavy atom. The van der Waals surface area contributed by atoms with Crippen molar-refractivity contribution in [2.75, 3.05) is 4.72 Å². The predicted molar refractivity (Wildman–Crippen MR) is 118 cm³/mol. The SMILES string of the molecule is Cc1nn(C)cc1S(=O)(=O)Nc1cccc(-c2ccc3c(-c4ncc[nH]4)n[nH]c3c2F)c1F. The van der Waals surface area contributed by atoms with Crippen LogP contribution in [0.1, 0.15) is 5.69 Å². The highest BCUT2D eigenvalue weighted by Gasteiger charge is 2.24. The summed E-state index contributed by atoms with van der Waals surface area (Å²) in [5, 5.41) is 11.2. The van der Waals surface area contributed by atoms with Crippen LogP contribution in [0.5, 0.6) is 0 Å². The first-order valence-electron chi connectivity index (χ1n) is 9.74. The summed E-state index contributed by atoms with van der Waals surface area (Å²) in [6.45, 7) is 1.54. The summed E-state index contributed by atoms with van der Waals surface area (Å²) in [6.07, 6.45) is 4.49. The zero-order valence-corrected chi connectivity index (χ0v) is 18.2. The molecule has 0 atom stereocenters. The summed E-state index contributed by atoms with van der Waals surface area (Å²) in [7, 11) is -2.52. The third kappa shape index (κ3) is 3.44. The normalized spacial score (nSPS) is 11.9. The molecule has 2 aromatic carbocycles. The fraction of sp³-hybridized carbons (Fsp3) is 0.0952. The van der Waals surface area contributed by atoms with Crippen molar-refractivity contribution in [3.63, 3.8) is 0 Å². The van der Waals surface area contributed by atoms with Gasteiger partial charge in [0.2, 0.25) is 0 Å². The lowest BCUT2D eigenvalue weighted by Crippen LogP contribution is -2.14. The summed E-state index contributed by atoms with van der Waals surface area (Å²) < 4.78 is 59.8. The van der Waals surface area contributed by atoms with E-state index in [0.29, 0.717) is 16.9 Å². The highest BCUT2D eigenvalue weighted by molar-refractivity contribution is 7.92. The average Bonchev–Trinajstić information content (AvgIpc) is 3.50. The first-order valence-corrected chi connectivity index (χ1v) is 11.2. The van der Waals surface area contributed by atoms with Gasteiger partial charge in [0.1, 0.15) is 16.1 Å². The molecule has 5 aromatic rings. The Hall–Kier alpha value is -4.06. The highest BCUT2D eigenvalue weighted by atomic mass is 32.2. The van der Waals surface area contributed by atoms with E-state index in [1.807, 2.05) is 0 Å². The summed E-state index contributed by atoms with van der Waals surface area (Å²) in [5.41, 5.74) is 0.310. The summed E-state index contributed by atoms with van der Waals surface area (Å²) in [5.74, 6) is -1.17. The fourth-order valence-corrected chi connectivity index (χ4v) is 4.98. The van der Waals surface area contributed by atoms with Crippen LogP contribution in [-0.2, 0) is 17.1 Å². The largest absolute Gasteiger partial charge is 0.343 e. The van der Waals surface area contributed by atoms with Gasteiger partial charge in [-0.05, 0) is 19.1 Å². The van der Waals surface area contributed by atoms with Crippen LogP contribution in [0.15, 0.2) is 53.8 Å². The zero-order valence-electron chi connectivity index (χ0n) is 17.4. The first-order chi connectivity index (χ1) is 15.8. The number of nitrogens with one attached hydrogen (secondary N) is 3. The molecule has 0 radical (unpaired) electrons. The monoisotopic (exact) mass is 469 g/mol. The maximum absolute atomic E-state index is 15.4. The van der Waals surface area contributed by atoms with Gasteiger partial charge in [0, 0.05) is 42.2 Å². The van der Waals surface area contributed by atoms with E-state index in [9.17, 15) is 8.42 Å². The fourth-order valence-electron chi connectivity index (χ4n) is 3.70. The van der Waals surface area contributed by atoms with Gasteiger partial charge in [0.25, 0.3) is 10.0 Å². The molecule has 0 aliphatic heterocycles. The molecule has 3 heterocycles. The van der Waals surface area contributed by atoms with E-state index in [1.165, 1.54) is 42.1 Å². The molecule has 0 unspecified atom stereocenters. The maximum Gasteiger partial charge on any atom is 0.265 e. The second kappa shape index (κ2) is 7.52. The lowest BCUT2D eigenvalue weighted by molar-refractivity contribution is 0.598. The smallest absolute Gasteiger partial charge is 0.265 e. The number of benzene rings is 2. The van der Waals surface area contributed by atoms with Gasteiger partial charge in [-0.2, -0.15) is 10.2 Å². The van der Waals surface area contributed by atoms with Gasteiger partial charge < -0.3 is 4.98 Å². The molecule has 0 saturated heterocycles. The van der Waals surface area contributed by atoms with Crippen molar-refractivity contribution in [2.45, 2.75) is 11.8 Å². The van der Waals surface area contributed by atoms with Crippen LogP contribution in [0.4, 0.5) is 14.5 Å². The number of halogens is 2. The number of sulfonamides is 1. The molecule has 5 rings (SSSR count). The number of aromatic amines is 2. The maximum atomic E-state index is 15.4. The van der Waals surface area contributed by atoms with E-state index in [0.717, 1.165) is 0 Å². The minimum atomic E-state index is -4.10. The van der Waals surface area contributed by atoms with Crippen LogP contribution in [0, 0.1) is 18.6 Å². The number of imidazole rings is 1. The third-order valence-electron chi connectivity index (χ3n) is 5.19. The molecule has 0 saturated carbocycles. The summed E-state index contributed by atoms with van der Waals surface area (Å²) >= 11 is 0. The molecule has 0 spiro atoms. The number of H-pyrrole nitrogens is 2. The molecular weight excluding hydrogens is 452 g/mol. The second-order valence-corrected chi connectivity index (χ2v) is 9.04. The molecule has 0 aliphatic carbocycles. The van der Waals surface area contributed by atoms with Crippen molar-refractivity contribution < 1.29 is 17.2 Å². The average molecular weight is 469 g/mol. The van der Waals surface area contributed by atoms with Gasteiger partial charge in [0.15, 0.2) is 17.5 Å². The van der Waals surface area contributed by atoms with E-state index in [1.54, 1.807) is 25.5 Å². The van der Waals surface area contributed by atoms with E-state index < -0.39 is 21.7 Å². The van der Waals surface area contributed by atoms with Gasteiger partial charge >= 0.3 is 0 Å². The Morgan fingerprint density at radius 1 is 1.09 bits per heavy atom. The molecule has 0 amide bonds. The molecule has 3 aromatic heterocycles. The highest BCUT2D eigenvalue weighted by Crippen LogP contribution is 2.35. The summed E-state index contributed by atoms with van der Waals surface area (Å²) in [6, 6.07) is 7.10. The van der Waals surface area contributed by atoms with Crippen molar-refractivity contribution in [3.8, 4) is 22.6 Å². The van der Waals surface area contributed by atoms with Crippen LogP contribution in [-0.4, -0.2) is 38.4 Å². The van der Waals surface area contributed by atoms with Crippen LogP contribution in [0.3, 0.4) is 0 Å². The Balaban J connectivity index is 1.57. The molecule has 0 aliphatic rings. The predicted octanol–water partition coefficient (Wildman–Crippen LogP) is 3.74. The van der Waals surface area contributed by atoms with E-state index in [-0.39, 0.29) is 32.9 Å². The van der Waals surface area contributed by atoms with Gasteiger partial charge in [-0.1, -0.05) is 18.2 Å². The molecule has 3 N–H and O–H groups in total. The number of hydrogen-bond acceptors (Lipinski definition) is 5. The Morgan fingerprint density at radius 3 is 2.58 bits per heavy atom. The van der Waals surface area contributed by atoms with Crippen molar-refractivity contribution >= 4 is 26.6 Å². The molecule has 33 heavy (non-hydrogen) atoms. The molecular formula is C21H17F2N7O2S. The Labute approximate surface area is 186 Å². The van der Waals surface area contributed by atoms with Gasteiger partial charge in [-0.3, -0.25) is 14.5 Å². The number of rotatable bonds is 5. The number of anilines is 1. The van der Waals surface area contributed by atoms with Crippen LogP contribution < -0.4 is 4.72 Å². The van der Waals surface area contributed by atoms with Gasteiger partial charge in [-0.15, -0.1) is 0 Å². The minimum absolute atomic E-state index is 0.0479. The molecule has 9 nitrogen and oxygen atoms in total. The third-order valence-corrected chi connectivity index (χ3v) is 6.66. The van der Waals surface area contributed by atoms with Gasteiger partial charge in [0.05, 0.1) is 11.4 Å². The summed E-state index contributed by atoms with van der Waals surface area (Å²) in [4.78, 5) is 6.95. The van der Waals surface area contributed by atoms with Crippen LogP contribution in [0.25, 0.3) is 33.5 Å². The number of aryl methyl sites for hydroxylation is 2. The van der Waals surface area contributed by atoms with Crippen molar-refractivity contribution in [2.24, 2.45) is 7.05 Å². The topological polar surface area (TPSA) is 121 Å². The minimum Gasteiger partial charge on any atom is -0.343 e. The van der Waals surface area contributed by atoms with Crippen molar-refractivity contribution in [3.05, 3.63) is 66.3 Å². The number of nitrogens with zero attached hydrogens (tertiary/aromatic N) is 4. The Kier molecular flexibility index (Phi) is 4.74. The van der Waals surface area contributed by atoms with Crippen LogP contribution >= 0.6 is 0 Å². The lowest BCUT2D eigenvalue weighted by Gasteiger charge is -2.12. The Bertz CT molecular complexity index is 1610. The first kappa shape index (κ1) is 20.8. The van der Waals surface area contributed by atoms with E-state index in [2.05, 4.69) is 30.0 Å². The van der Waals surface area contributed by atoms with Crippen LogP contribution in [0.2, 0.25) is 0 Å². The molecule has 168 valence electrons. The second-order valence-electron chi connectivity index (χ2n) is 7.38. The quantitative estimate of drug-likeness (QED) is 0.362. The number of aromatic nitrogens is 6. The van der Waals surface area contributed by atoms with E-state index >= 15 is 8.78 Å². The van der Waals surface area contributed by atoms with Crippen molar-refractivity contribution in [1.82, 2.24) is 29.9 Å². The molecule has 0 bridgehead atoms. The lowest BCUT2D eigenvalue weighted by atomic mass is 10.0. The number of hydrogen-bond donors (Lipinski definition) is 3.